The maximum absolute atomic E-state index is 12.9. The van der Waals surface area contributed by atoms with Crippen LogP contribution in [0.3, 0.4) is 0 Å². The van der Waals surface area contributed by atoms with E-state index in [0.717, 1.165) is 37.3 Å². The van der Waals surface area contributed by atoms with E-state index in [1.807, 2.05) is 18.2 Å². The Morgan fingerprint density at radius 2 is 1.86 bits per heavy atom. The number of carbonyl (C=O) groups excluding carboxylic acids is 1. The van der Waals surface area contributed by atoms with E-state index in [-0.39, 0.29) is 29.8 Å². The van der Waals surface area contributed by atoms with Crippen LogP contribution in [0.1, 0.15) is 105 Å². The number of ether oxygens (including phenoxy) is 2. The molecule has 6 aliphatic rings. The largest absolute Gasteiger partial charge is 0.446 e. The number of nitrogens with zero attached hydrogens (tertiary/aromatic N) is 1. The Morgan fingerprint density at radius 1 is 1.07 bits per heavy atom. The molecule has 0 aromatic carbocycles. The van der Waals surface area contributed by atoms with Crippen molar-refractivity contribution in [3.63, 3.8) is 0 Å². The average Bonchev–Trinajstić information content (AvgIpc) is 3.53. The molecule has 7 nitrogen and oxygen atoms in total. The summed E-state index contributed by atoms with van der Waals surface area (Å²) < 4.78 is 12.8. The molecule has 3 N–H and O–H groups in total. The van der Waals surface area contributed by atoms with Crippen molar-refractivity contribution >= 4 is 6.09 Å². The van der Waals surface area contributed by atoms with Crippen LogP contribution in [0.5, 0.6) is 0 Å². The smallest absolute Gasteiger partial charge is 0.407 e. The highest BCUT2D eigenvalue weighted by molar-refractivity contribution is 5.67. The summed E-state index contributed by atoms with van der Waals surface area (Å²) in [5, 5.41) is 24.2. The van der Waals surface area contributed by atoms with Gasteiger partial charge in [0, 0.05) is 11.6 Å². The number of hydrogen-bond acceptors (Lipinski definition) is 6. The maximum Gasteiger partial charge on any atom is 0.407 e. The van der Waals surface area contributed by atoms with Crippen LogP contribution in [-0.2, 0) is 16.0 Å². The van der Waals surface area contributed by atoms with E-state index in [2.05, 4.69) is 31.1 Å². The van der Waals surface area contributed by atoms with Gasteiger partial charge in [-0.1, -0.05) is 26.8 Å². The quantitative estimate of drug-likeness (QED) is 0.394. The second-order valence-electron chi connectivity index (χ2n) is 16.5. The lowest BCUT2D eigenvalue weighted by Gasteiger charge is -2.59. The number of hydrogen-bond donors (Lipinski definition) is 3. The van der Waals surface area contributed by atoms with Gasteiger partial charge in [0.2, 0.25) is 0 Å². The normalized spacial score (nSPS) is 45.7. The Labute approximate surface area is 251 Å². The molecule has 0 bridgehead atoms. The number of aliphatic hydroxyl groups excluding tert-OH is 1. The lowest BCUT2D eigenvalue weighted by atomic mass is 9.46. The molecule has 5 aliphatic carbocycles. The Hall–Kier alpha value is -1.70. The molecule has 1 aromatic heterocycles. The highest BCUT2D eigenvalue weighted by Gasteiger charge is 2.81. The third-order valence-electron chi connectivity index (χ3n) is 14.0. The SMILES string of the molecule is CC12CC[C@@]34CC35CC[C@H](OC(=O)NCc3ccccn3)C(C)(C)C5CCC4C1CC1OC([C@H](O)C(C)(C)O)CCC12. The van der Waals surface area contributed by atoms with Gasteiger partial charge in [-0.2, -0.15) is 0 Å². The molecule has 11 atom stereocenters. The first-order valence-corrected chi connectivity index (χ1v) is 16.7. The molecule has 6 fully saturated rings. The van der Waals surface area contributed by atoms with Gasteiger partial charge in [0.15, 0.2) is 0 Å². The van der Waals surface area contributed by atoms with E-state index < -0.39 is 11.7 Å². The van der Waals surface area contributed by atoms with Gasteiger partial charge in [0.1, 0.15) is 12.2 Å². The third-order valence-corrected chi connectivity index (χ3v) is 14.0. The Balaban J connectivity index is 1.04. The van der Waals surface area contributed by atoms with Crippen LogP contribution in [0, 0.1) is 45.3 Å². The molecule has 1 aliphatic heterocycles. The molecule has 232 valence electrons. The number of aliphatic hydroxyl groups is 2. The van der Waals surface area contributed by atoms with E-state index in [0.29, 0.717) is 40.5 Å². The van der Waals surface area contributed by atoms with Gasteiger partial charge >= 0.3 is 6.09 Å². The van der Waals surface area contributed by atoms with E-state index in [9.17, 15) is 15.0 Å². The minimum Gasteiger partial charge on any atom is -0.446 e. The van der Waals surface area contributed by atoms with Gasteiger partial charge < -0.3 is 25.0 Å². The summed E-state index contributed by atoms with van der Waals surface area (Å²) in [6.45, 7) is 11.0. The summed E-state index contributed by atoms with van der Waals surface area (Å²) in [5.41, 5.74) is 0.763. The highest BCUT2D eigenvalue weighted by Crippen LogP contribution is 2.87. The molecule has 7 rings (SSSR count). The Bertz CT molecular complexity index is 1200. The van der Waals surface area contributed by atoms with E-state index in [1.54, 1.807) is 20.0 Å². The van der Waals surface area contributed by atoms with Crippen molar-refractivity contribution in [1.82, 2.24) is 10.3 Å². The van der Waals surface area contributed by atoms with Crippen LogP contribution in [0.4, 0.5) is 4.79 Å². The minimum absolute atomic E-state index is 0.0525. The predicted octanol–water partition coefficient (Wildman–Crippen LogP) is 6.01. The third kappa shape index (κ3) is 4.15. The first-order chi connectivity index (χ1) is 19.8. The number of aromatic nitrogens is 1. The number of fused-ring (bicyclic) bond motifs is 4. The lowest BCUT2D eigenvalue weighted by molar-refractivity contribution is -0.177. The second kappa shape index (κ2) is 9.65. The number of rotatable bonds is 5. The van der Waals surface area contributed by atoms with Crippen molar-refractivity contribution in [2.24, 2.45) is 45.3 Å². The van der Waals surface area contributed by atoms with Crippen LogP contribution in [-0.4, -0.2) is 51.3 Å². The molecule has 1 amide bonds. The predicted molar refractivity (Wildman–Crippen MR) is 159 cm³/mol. The van der Waals surface area contributed by atoms with Crippen LogP contribution < -0.4 is 5.32 Å². The molecule has 5 saturated carbocycles. The van der Waals surface area contributed by atoms with Crippen LogP contribution >= 0.6 is 0 Å². The Morgan fingerprint density at radius 3 is 2.60 bits per heavy atom. The monoisotopic (exact) mass is 580 g/mol. The summed E-state index contributed by atoms with van der Waals surface area (Å²) in [4.78, 5) is 17.2. The highest BCUT2D eigenvalue weighted by atomic mass is 16.6. The fourth-order valence-corrected chi connectivity index (χ4v) is 12.0. The second-order valence-corrected chi connectivity index (χ2v) is 16.5. The number of nitrogens with one attached hydrogen (secondary N) is 1. The molecule has 1 aromatic rings. The molecule has 0 radical (unpaired) electrons. The Kier molecular flexibility index (Phi) is 6.67. The molecule has 1 saturated heterocycles. The standard InChI is InChI=1S/C35H52N2O5/c1-31(2)27-12-10-22-24-18-26-23(9-11-25(41-26)29(38)32(3,4)40)33(24,5)15-16-34(22)20-35(27,34)14-13-28(31)42-30(39)37-19-21-8-6-7-17-36-21/h6-8,17,22-29,38,40H,9-16,18-20H2,1-5H3,(H,37,39)/t22?,23?,24?,25?,26?,27?,28-,29-,33?,34-,35?/m0/s1. The van der Waals surface area contributed by atoms with Crippen LogP contribution in [0.25, 0.3) is 0 Å². The summed E-state index contributed by atoms with van der Waals surface area (Å²) in [6, 6.07) is 5.72. The van der Waals surface area contributed by atoms with Gasteiger partial charge in [-0.3, -0.25) is 4.98 Å². The first-order valence-electron chi connectivity index (χ1n) is 16.7. The van der Waals surface area contributed by atoms with Crippen molar-refractivity contribution in [2.45, 2.75) is 135 Å². The molecular weight excluding hydrogens is 528 g/mol. The fraction of sp³-hybridized carbons (Fsp3) is 0.829. The number of pyridine rings is 1. The van der Waals surface area contributed by atoms with E-state index in [1.165, 1.54) is 38.5 Å². The van der Waals surface area contributed by atoms with Gasteiger partial charge in [-0.25, -0.2) is 4.79 Å². The molecule has 2 spiro atoms. The maximum atomic E-state index is 12.9. The van der Waals surface area contributed by atoms with Crippen LogP contribution in [0.15, 0.2) is 24.4 Å². The topological polar surface area (TPSA) is 101 Å². The van der Waals surface area contributed by atoms with Gasteiger partial charge in [-0.05, 0) is 130 Å². The molecule has 42 heavy (non-hydrogen) atoms. The van der Waals surface area contributed by atoms with Crippen molar-refractivity contribution in [1.29, 1.82) is 0 Å². The zero-order valence-corrected chi connectivity index (χ0v) is 26.3. The van der Waals surface area contributed by atoms with E-state index in [4.69, 9.17) is 9.47 Å². The number of alkyl carbamates (subject to hydrolysis) is 1. The van der Waals surface area contributed by atoms with Crippen molar-refractivity contribution in [3.05, 3.63) is 30.1 Å². The van der Waals surface area contributed by atoms with Crippen molar-refractivity contribution in [2.75, 3.05) is 0 Å². The summed E-state index contributed by atoms with van der Waals surface area (Å²) in [7, 11) is 0. The van der Waals surface area contributed by atoms with Crippen LogP contribution in [0.2, 0.25) is 0 Å². The zero-order chi connectivity index (χ0) is 29.7. The van der Waals surface area contributed by atoms with Gasteiger partial charge in [-0.15, -0.1) is 0 Å². The van der Waals surface area contributed by atoms with E-state index >= 15 is 0 Å². The lowest BCUT2D eigenvalue weighted by Crippen LogP contribution is -2.55. The van der Waals surface area contributed by atoms with Crippen molar-refractivity contribution in [3.8, 4) is 0 Å². The number of carbonyl (C=O) groups is 1. The first kappa shape index (κ1) is 29.0. The summed E-state index contributed by atoms with van der Waals surface area (Å²) in [6.07, 6.45) is 12.0. The minimum atomic E-state index is -1.15. The van der Waals surface area contributed by atoms with Gasteiger partial charge in [0.05, 0.1) is 30.0 Å². The molecule has 2 heterocycles. The average molecular weight is 581 g/mol. The molecular formula is C35H52N2O5. The summed E-state index contributed by atoms with van der Waals surface area (Å²) in [5.74, 6) is 2.56. The molecule has 7 heteroatoms. The molecule has 8 unspecified atom stereocenters. The van der Waals surface area contributed by atoms with Crippen molar-refractivity contribution < 1.29 is 24.5 Å². The number of amides is 1. The fourth-order valence-electron chi connectivity index (χ4n) is 12.0. The summed E-state index contributed by atoms with van der Waals surface area (Å²) >= 11 is 0. The zero-order valence-electron chi connectivity index (χ0n) is 26.3. The van der Waals surface area contributed by atoms with Gasteiger partial charge in [0.25, 0.3) is 0 Å².